The SMILES string of the molecule is CCc1cccc(N2C(=O)Nc3ccccc3S2(=O)=O)c1. The van der Waals surface area contributed by atoms with Gasteiger partial charge in [-0.25, -0.2) is 13.2 Å². The second-order valence-corrected chi connectivity index (χ2v) is 6.47. The molecule has 0 atom stereocenters. The first kappa shape index (κ1) is 13.6. The second kappa shape index (κ2) is 4.89. The number of sulfonamides is 1. The third-order valence-electron chi connectivity index (χ3n) is 3.38. The molecule has 0 radical (unpaired) electrons. The van der Waals surface area contributed by atoms with Crippen molar-refractivity contribution in [1.82, 2.24) is 0 Å². The molecular formula is C15H14N2O3S. The van der Waals surface area contributed by atoms with Crippen LogP contribution in [0.1, 0.15) is 12.5 Å². The van der Waals surface area contributed by atoms with Crippen LogP contribution in [0.5, 0.6) is 0 Å². The van der Waals surface area contributed by atoms with Gasteiger partial charge in [-0.05, 0) is 36.2 Å². The fourth-order valence-corrected chi connectivity index (χ4v) is 3.83. The van der Waals surface area contributed by atoms with Gasteiger partial charge in [0.15, 0.2) is 0 Å². The molecule has 3 rings (SSSR count). The van der Waals surface area contributed by atoms with E-state index in [9.17, 15) is 13.2 Å². The van der Waals surface area contributed by atoms with Crippen molar-refractivity contribution in [3.05, 3.63) is 54.1 Å². The first-order chi connectivity index (χ1) is 10.0. The highest BCUT2D eigenvalue weighted by Crippen LogP contribution is 2.33. The molecule has 1 heterocycles. The molecule has 0 aliphatic carbocycles. The van der Waals surface area contributed by atoms with Crippen LogP contribution < -0.4 is 9.62 Å². The lowest BCUT2D eigenvalue weighted by Gasteiger charge is -2.28. The molecule has 2 amide bonds. The molecule has 1 aliphatic heterocycles. The summed E-state index contributed by atoms with van der Waals surface area (Å²) in [6.07, 6.45) is 0.764. The van der Waals surface area contributed by atoms with Gasteiger partial charge in [-0.3, -0.25) is 0 Å². The predicted molar refractivity (Wildman–Crippen MR) is 80.9 cm³/mol. The van der Waals surface area contributed by atoms with Crippen molar-refractivity contribution in [2.45, 2.75) is 18.2 Å². The van der Waals surface area contributed by atoms with E-state index in [0.717, 1.165) is 16.3 Å². The molecule has 108 valence electrons. The maximum absolute atomic E-state index is 12.7. The number of carbonyl (C=O) groups excluding carboxylic acids is 1. The summed E-state index contributed by atoms with van der Waals surface area (Å²) in [5, 5.41) is 2.61. The summed E-state index contributed by atoms with van der Waals surface area (Å²) in [4.78, 5) is 12.3. The third kappa shape index (κ3) is 2.17. The fourth-order valence-electron chi connectivity index (χ4n) is 2.33. The van der Waals surface area contributed by atoms with E-state index < -0.39 is 16.1 Å². The van der Waals surface area contributed by atoms with Crippen LogP contribution in [0.2, 0.25) is 0 Å². The largest absolute Gasteiger partial charge is 0.340 e. The van der Waals surface area contributed by atoms with Crippen LogP contribution in [0.15, 0.2) is 53.4 Å². The van der Waals surface area contributed by atoms with Crippen molar-refractivity contribution in [3.63, 3.8) is 0 Å². The minimum absolute atomic E-state index is 0.103. The Kier molecular flexibility index (Phi) is 3.17. The summed E-state index contributed by atoms with van der Waals surface area (Å²) in [6, 6.07) is 12.7. The number of benzene rings is 2. The van der Waals surface area contributed by atoms with Crippen LogP contribution in [0.25, 0.3) is 0 Å². The van der Waals surface area contributed by atoms with Gasteiger partial charge < -0.3 is 5.32 Å². The number of aryl methyl sites for hydroxylation is 1. The van der Waals surface area contributed by atoms with Crippen molar-refractivity contribution < 1.29 is 13.2 Å². The van der Waals surface area contributed by atoms with Crippen LogP contribution in [0, 0.1) is 0 Å². The van der Waals surface area contributed by atoms with Gasteiger partial charge in [0.1, 0.15) is 4.90 Å². The first-order valence-electron chi connectivity index (χ1n) is 6.58. The second-order valence-electron chi connectivity index (χ2n) is 4.72. The topological polar surface area (TPSA) is 66.5 Å². The smallest absolute Gasteiger partial charge is 0.305 e. The van der Waals surface area contributed by atoms with Crippen molar-refractivity contribution >= 4 is 27.4 Å². The number of nitrogens with one attached hydrogen (secondary N) is 1. The molecule has 0 bridgehead atoms. The lowest BCUT2D eigenvalue weighted by Crippen LogP contribution is -2.44. The highest BCUT2D eigenvalue weighted by atomic mass is 32.2. The summed E-state index contributed by atoms with van der Waals surface area (Å²) < 4.78 is 26.2. The van der Waals surface area contributed by atoms with Gasteiger partial charge >= 0.3 is 6.03 Å². The maximum Gasteiger partial charge on any atom is 0.340 e. The van der Waals surface area contributed by atoms with Crippen molar-refractivity contribution in [2.24, 2.45) is 0 Å². The van der Waals surface area contributed by atoms with E-state index in [0.29, 0.717) is 11.4 Å². The normalized spacial score (nSPS) is 16.2. The van der Waals surface area contributed by atoms with E-state index in [4.69, 9.17) is 0 Å². The molecular weight excluding hydrogens is 288 g/mol. The number of para-hydroxylation sites is 1. The Morgan fingerprint density at radius 2 is 1.86 bits per heavy atom. The first-order valence-corrected chi connectivity index (χ1v) is 8.02. The van der Waals surface area contributed by atoms with Gasteiger partial charge in [-0.15, -0.1) is 0 Å². The van der Waals surface area contributed by atoms with Crippen LogP contribution >= 0.6 is 0 Å². The fraction of sp³-hybridized carbons (Fsp3) is 0.133. The molecule has 6 heteroatoms. The lowest BCUT2D eigenvalue weighted by molar-refractivity contribution is 0.259. The molecule has 1 aliphatic rings. The van der Waals surface area contributed by atoms with Crippen molar-refractivity contribution in [3.8, 4) is 0 Å². The summed E-state index contributed by atoms with van der Waals surface area (Å²) in [6.45, 7) is 1.97. The molecule has 0 saturated carbocycles. The van der Waals surface area contributed by atoms with Gasteiger partial charge in [-0.1, -0.05) is 31.2 Å². The Labute approximate surface area is 123 Å². The minimum Gasteiger partial charge on any atom is -0.305 e. The van der Waals surface area contributed by atoms with E-state index in [1.54, 1.807) is 36.4 Å². The average molecular weight is 302 g/mol. The zero-order chi connectivity index (χ0) is 15.0. The van der Waals surface area contributed by atoms with E-state index in [1.165, 1.54) is 6.07 Å². The third-order valence-corrected chi connectivity index (χ3v) is 5.15. The van der Waals surface area contributed by atoms with Crippen molar-refractivity contribution in [2.75, 3.05) is 9.62 Å². The molecule has 1 N–H and O–H groups in total. The number of nitrogens with zero attached hydrogens (tertiary/aromatic N) is 1. The van der Waals surface area contributed by atoms with Gasteiger partial charge in [0.2, 0.25) is 0 Å². The summed E-state index contributed by atoms with van der Waals surface area (Å²) >= 11 is 0. The maximum atomic E-state index is 12.7. The van der Waals surface area contributed by atoms with Gasteiger partial charge in [-0.2, -0.15) is 4.31 Å². The molecule has 0 saturated heterocycles. The van der Waals surface area contributed by atoms with E-state index >= 15 is 0 Å². The molecule has 5 nitrogen and oxygen atoms in total. The Hall–Kier alpha value is -2.34. The number of hydrogen-bond donors (Lipinski definition) is 1. The van der Waals surface area contributed by atoms with Crippen molar-refractivity contribution in [1.29, 1.82) is 0 Å². The Morgan fingerprint density at radius 3 is 2.62 bits per heavy atom. The molecule has 0 fully saturated rings. The van der Waals surface area contributed by atoms with Crippen LogP contribution in [-0.4, -0.2) is 14.4 Å². The Morgan fingerprint density at radius 1 is 1.10 bits per heavy atom. The zero-order valence-corrected chi connectivity index (χ0v) is 12.2. The van der Waals surface area contributed by atoms with Crippen LogP contribution in [-0.2, 0) is 16.4 Å². The Bertz CT molecular complexity index is 815. The highest BCUT2D eigenvalue weighted by molar-refractivity contribution is 7.94. The number of hydrogen-bond acceptors (Lipinski definition) is 3. The van der Waals surface area contributed by atoms with E-state index in [2.05, 4.69) is 5.32 Å². The van der Waals surface area contributed by atoms with Gasteiger partial charge in [0.25, 0.3) is 10.0 Å². The van der Waals surface area contributed by atoms with Gasteiger partial charge in [0, 0.05) is 0 Å². The number of fused-ring (bicyclic) bond motifs is 1. The zero-order valence-electron chi connectivity index (χ0n) is 11.4. The lowest BCUT2D eigenvalue weighted by atomic mass is 10.1. The standard InChI is InChI=1S/C15H14N2O3S/c1-2-11-6-5-7-12(10-11)17-15(18)16-13-8-3-4-9-14(13)21(17,19)20/h3-10H,2H2,1H3,(H,16,18). The highest BCUT2D eigenvalue weighted by Gasteiger charge is 2.37. The van der Waals surface area contributed by atoms with E-state index in [-0.39, 0.29) is 4.90 Å². The van der Waals surface area contributed by atoms with E-state index in [1.807, 2.05) is 13.0 Å². The number of anilines is 2. The number of rotatable bonds is 2. The van der Waals surface area contributed by atoms with Gasteiger partial charge in [0.05, 0.1) is 11.4 Å². The molecule has 0 unspecified atom stereocenters. The quantitative estimate of drug-likeness (QED) is 0.927. The molecule has 21 heavy (non-hydrogen) atoms. The summed E-state index contributed by atoms with van der Waals surface area (Å²) in [7, 11) is -3.89. The average Bonchev–Trinajstić information content (AvgIpc) is 2.47. The molecule has 0 aromatic heterocycles. The number of urea groups is 1. The molecule has 2 aromatic rings. The Balaban J connectivity index is 2.17. The van der Waals surface area contributed by atoms with Crippen LogP contribution in [0.4, 0.5) is 16.2 Å². The molecule has 2 aromatic carbocycles. The monoisotopic (exact) mass is 302 g/mol. The summed E-state index contributed by atoms with van der Waals surface area (Å²) in [5.74, 6) is 0. The molecule has 0 spiro atoms. The summed E-state index contributed by atoms with van der Waals surface area (Å²) in [5.41, 5.74) is 1.63. The number of amides is 2. The number of carbonyl (C=O) groups is 1. The minimum atomic E-state index is -3.89. The predicted octanol–water partition coefficient (Wildman–Crippen LogP) is 2.99. The van der Waals surface area contributed by atoms with Crippen LogP contribution in [0.3, 0.4) is 0 Å².